The molecule has 0 fully saturated rings. The fourth-order valence-electron chi connectivity index (χ4n) is 2.71. The molecule has 0 radical (unpaired) electrons. The summed E-state index contributed by atoms with van der Waals surface area (Å²) in [5.74, 6) is 0. The quantitative estimate of drug-likeness (QED) is 0.688. The van der Waals surface area contributed by atoms with Gasteiger partial charge >= 0.3 is 5.69 Å². The highest BCUT2D eigenvalue weighted by molar-refractivity contribution is 7.92. The zero-order valence-corrected chi connectivity index (χ0v) is 13.8. The van der Waals surface area contributed by atoms with Gasteiger partial charge < -0.3 is 9.97 Å². The molecule has 1 aromatic heterocycles. The van der Waals surface area contributed by atoms with Crippen molar-refractivity contribution in [3.63, 3.8) is 0 Å². The number of aromatic nitrogens is 2. The van der Waals surface area contributed by atoms with Crippen LogP contribution >= 0.6 is 0 Å². The van der Waals surface area contributed by atoms with Gasteiger partial charge in [-0.05, 0) is 50.1 Å². The van der Waals surface area contributed by atoms with Crippen LogP contribution in [0.4, 0.5) is 5.69 Å². The Bertz CT molecular complexity index is 1040. The van der Waals surface area contributed by atoms with Gasteiger partial charge in [0.1, 0.15) is 0 Å². The van der Waals surface area contributed by atoms with Gasteiger partial charge in [-0.1, -0.05) is 17.7 Å². The molecule has 1 heterocycles. The number of aromatic amines is 2. The van der Waals surface area contributed by atoms with Crippen molar-refractivity contribution in [2.75, 3.05) is 4.72 Å². The molecule has 2 aromatic carbocycles. The molecule has 0 saturated carbocycles. The van der Waals surface area contributed by atoms with E-state index in [0.29, 0.717) is 16.7 Å². The lowest BCUT2D eigenvalue weighted by Crippen LogP contribution is -2.14. The van der Waals surface area contributed by atoms with E-state index >= 15 is 0 Å². The van der Waals surface area contributed by atoms with E-state index in [0.717, 1.165) is 16.7 Å². The predicted molar refractivity (Wildman–Crippen MR) is 90.4 cm³/mol. The highest BCUT2D eigenvalue weighted by Gasteiger charge is 2.17. The SMILES string of the molecule is Cc1cc(C)c(NS(=O)(=O)c2ccc3[nH]c(=O)[nH]c3c2)c(C)c1. The van der Waals surface area contributed by atoms with E-state index in [2.05, 4.69) is 14.7 Å². The number of rotatable bonds is 3. The molecule has 0 saturated heterocycles. The largest absolute Gasteiger partial charge is 0.323 e. The van der Waals surface area contributed by atoms with Gasteiger partial charge in [-0.2, -0.15) is 0 Å². The minimum absolute atomic E-state index is 0.0969. The molecule has 3 rings (SSSR count). The second kappa shape index (κ2) is 5.27. The third-order valence-electron chi connectivity index (χ3n) is 3.71. The third-order valence-corrected chi connectivity index (χ3v) is 5.06. The van der Waals surface area contributed by atoms with Crippen LogP contribution in [0.1, 0.15) is 16.7 Å². The van der Waals surface area contributed by atoms with Gasteiger partial charge in [0.25, 0.3) is 10.0 Å². The van der Waals surface area contributed by atoms with Gasteiger partial charge in [0.2, 0.25) is 0 Å². The zero-order valence-electron chi connectivity index (χ0n) is 13.0. The molecule has 3 N–H and O–H groups in total. The predicted octanol–water partition coefficient (Wildman–Crippen LogP) is 2.58. The summed E-state index contributed by atoms with van der Waals surface area (Å²) in [6.45, 7) is 5.70. The monoisotopic (exact) mass is 331 g/mol. The summed E-state index contributed by atoms with van der Waals surface area (Å²) < 4.78 is 27.9. The minimum atomic E-state index is -3.74. The van der Waals surface area contributed by atoms with Gasteiger partial charge in [-0.15, -0.1) is 0 Å². The number of imidazole rings is 1. The lowest BCUT2D eigenvalue weighted by atomic mass is 10.1. The Balaban J connectivity index is 2.05. The Morgan fingerprint density at radius 2 is 1.52 bits per heavy atom. The Labute approximate surface area is 133 Å². The molecule has 7 heteroatoms. The van der Waals surface area contributed by atoms with E-state index in [-0.39, 0.29) is 10.6 Å². The Kier molecular flexibility index (Phi) is 3.52. The average Bonchev–Trinajstić information content (AvgIpc) is 2.82. The summed E-state index contributed by atoms with van der Waals surface area (Å²) in [5.41, 5.74) is 4.04. The van der Waals surface area contributed by atoms with Crippen LogP contribution in [0.5, 0.6) is 0 Å². The Hall–Kier alpha value is -2.54. The number of hydrogen-bond donors (Lipinski definition) is 3. The molecule has 3 aromatic rings. The number of H-pyrrole nitrogens is 2. The standard InChI is InChI=1S/C16H17N3O3S/c1-9-6-10(2)15(11(3)7-9)19-23(21,22)12-4-5-13-14(8-12)18-16(20)17-13/h4-8,19H,1-3H3,(H2,17,18,20). The summed E-state index contributed by atoms with van der Waals surface area (Å²) in [5, 5.41) is 0. The number of nitrogens with one attached hydrogen (secondary N) is 3. The van der Waals surface area contributed by atoms with Crippen molar-refractivity contribution in [2.45, 2.75) is 25.7 Å². The van der Waals surface area contributed by atoms with Gasteiger partial charge in [0.05, 0.1) is 21.6 Å². The van der Waals surface area contributed by atoms with E-state index in [9.17, 15) is 13.2 Å². The van der Waals surface area contributed by atoms with Crippen molar-refractivity contribution in [1.82, 2.24) is 9.97 Å². The topological polar surface area (TPSA) is 94.8 Å². The lowest BCUT2D eigenvalue weighted by Gasteiger charge is -2.14. The molecule has 0 bridgehead atoms. The zero-order chi connectivity index (χ0) is 16.8. The van der Waals surface area contributed by atoms with Gasteiger partial charge in [-0.3, -0.25) is 4.72 Å². The van der Waals surface area contributed by atoms with E-state index in [1.807, 2.05) is 32.9 Å². The van der Waals surface area contributed by atoms with Gasteiger partial charge in [0, 0.05) is 0 Å². The molecule has 0 aliphatic rings. The van der Waals surface area contributed by atoms with Crippen molar-refractivity contribution in [2.24, 2.45) is 0 Å². The van der Waals surface area contributed by atoms with Crippen LogP contribution in [0.3, 0.4) is 0 Å². The molecular formula is C16H17N3O3S. The summed E-state index contributed by atoms with van der Waals surface area (Å²) in [7, 11) is -3.74. The number of aryl methyl sites for hydroxylation is 3. The summed E-state index contributed by atoms with van der Waals surface area (Å²) >= 11 is 0. The molecule has 0 atom stereocenters. The second-order valence-electron chi connectivity index (χ2n) is 5.67. The maximum absolute atomic E-state index is 12.6. The molecule has 120 valence electrons. The molecule has 0 aliphatic heterocycles. The van der Waals surface area contributed by atoms with Crippen LogP contribution in [0, 0.1) is 20.8 Å². The fourth-order valence-corrected chi connectivity index (χ4v) is 3.94. The lowest BCUT2D eigenvalue weighted by molar-refractivity contribution is 0.601. The van der Waals surface area contributed by atoms with E-state index in [1.165, 1.54) is 12.1 Å². The van der Waals surface area contributed by atoms with Crippen molar-refractivity contribution < 1.29 is 8.42 Å². The van der Waals surface area contributed by atoms with Crippen LogP contribution in [0.25, 0.3) is 11.0 Å². The summed E-state index contributed by atoms with van der Waals surface area (Å²) in [4.78, 5) is 16.5. The maximum atomic E-state index is 12.6. The minimum Gasteiger partial charge on any atom is -0.306 e. The molecular weight excluding hydrogens is 314 g/mol. The molecule has 0 unspecified atom stereocenters. The number of hydrogen-bond acceptors (Lipinski definition) is 3. The van der Waals surface area contributed by atoms with E-state index < -0.39 is 10.0 Å². The number of benzene rings is 2. The smallest absolute Gasteiger partial charge is 0.306 e. The summed E-state index contributed by atoms with van der Waals surface area (Å²) in [6.07, 6.45) is 0. The normalized spacial score (nSPS) is 11.8. The summed E-state index contributed by atoms with van der Waals surface area (Å²) in [6, 6.07) is 8.33. The van der Waals surface area contributed by atoms with Gasteiger partial charge in [0.15, 0.2) is 0 Å². The number of fused-ring (bicyclic) bond motifs is 1. The second-order valence-corrected chi connectivity index (χ2v) is 7.35. The van der Waals surface area contributed by atoms with Gasteiger partial charge in [-0.25, -0.2) is 13.2 Å². The highest BCUT2D eigenvalue weighted by atomic mass is 32.2. The van der Waals surface area contributed by atoms with Crippen molar-refractivity contribution in [3.8, 4) is 0 Å². The van der Waals surface area contributed by atoms with Crippen molar-refractivity contribution in [3.05, 3.63) is 57.5 Å². The highest BCUT2D eigenvalue weighted by Crippen LogP contribution is 2.25. The van der Waals surface area contributed by atoms with Crippen LogP contribution in [-0.4, -0.2) is 18.4 Å². The first kappa shape index (κ1) is 15.4. The van der Waals surface area contributed by atoms with E-state index in [1.54, 1.807) is 6.07 Å². The third kappa shape index (κ3) is 2.87. The van der Waals surface area contributed by atoms with Crippen LogP contribution < -0.4 is 10.4 Å². The molecule has 0 aliphatic carbocycles. The Morgan fingerprint density at radius 1 is 0.913 bits per heavy atom. The van der Waals surface area contributed by atoms with Crippen LogP contribution in [0.2, 0.25) is 0 Å². The first-order valence-corrected chi connectivity index (χ1v) is 8.57. The Morgan fingerprint density at radius 3 is 2.17 bits per heavy atom. The van der Waals surface area contributed by atoms with Crippen LogP contribution in [0.15, 0.2) is 40.0 Å². The fraction of sp³-hybridized carbons (Fsp3) is 0.188. The van der Waals surface area contributed by atoms with Crippen molar-refractivity contribution >= 4 is 26.7 Å². The number of anilines is 1. The van der Waals surface area contributed by atoms with E-state index in [4.69, 9.17) is 0 Å². The molecule has 0 spiro atoms. The van der Waals surface area contributed by atoms with Crippen LogP contribution in [-0.2, 0) is 10.0 Å². The molecule has 0 amide bonds. The average molecular weight is 331 g/mol. The first-order chi connectivity index (χ1) is 10.8. The van der Waals surface area contributed by atoms with Crippen molar-refractivity contribution in [1.29, 1.82) is 0 Å². The number of sulfonamides is 1. The molecule has 6 nitrogen and oxygen atoms in total. The maximum Gasteiger partial charge on any atom is 0.323 e. The molecule has 23 heavy (non-hydrogen) atoms. The first-order valence-electron chi connectivity index (χ1n) is 7.09.